The number of nitrogens with zero attached hydrogens (tertiary/aromatic N) is 4. The van der Waals surface area contributed by atoms with Crippen LogP contribution in [0.25, 0.3) is 0 Å². The van der Waals surface area contributed by atoms with Crippen LogP contribution in [0.3, 0.4) is 0 Å². The Bertz CT molecular complexity index is 577. The van der Waals surface area contributed by atoms with Crippen molar-refractivity contribution in [3.8, 4) is 0 Å². The lowest BCUT2D eigenvalue weighted by Gasteiger charge is -2.06. The molecular weight excluding hydrogens is 268 g/mol. The standard InChI is InChI=1S/C14H20N6O/c1-3-7-15-12-5-4-11(9-17-12)14(21)16-8-6-13-19-18-10-20(13)2/h4-5,9-10H,3,6-8H2,1-2H3,(H,15,17)(H,16,21). The van der Waals surface area contributed by atoms with E-state index in [9.17, 15) is 4.79 Å². The van der Waals surface area contributed by atoms with Crippen molar-refractivity contribution in [2.75, 3.05) is 18.4 Å². The first kappa shape index (κ1) is 15.0. The van der Waals surface area contributed by atoms with Crippen LogP contribution in [0.15, 0.2) is 24.7 Å². The Morgan fingerprint density at radius 1 is 1.33 bits per heavy atom. The van der Waals surface area contributed by atoms with Crippen LogP contribution in [0.5, 0.6) is 0 Å². The molecule has 7 nitrogen and oxygen atoms in total. The number of amides is 1. The molecule has 2 rings (SSSR count). The van der Waals surface area contributed by atoms with Gasteiger partial charge in [0, 0.05) is 32.8 Å². The van der Waals surface area contributed by atoms with Gasteiger partial charge < -0.3 is 15.2 Å². The summed E-state index contributed by atoms with van der Waals surface area (Å²) in [6.07, 6.45) is 4.90. The van der Waals surface area contributed by atoms with Gasteiger partial charge in [0.1, 0.15) is 18.0 Å². The number of anilines is 1. The van der Waals surface area contributed by atoms with Gasteiger partial charge in [-0.1, -0.05) is 6.92 Å². The van der Waals surface area contributed by atoms with E-state index in [1.54, 1.807) is 18.6 Å². The number of carbonyl (C=O) groups is 1. The van der Waals surface area contributed by atoms with E-state index in [4.69, 9.17) is 0 Å². The summed E-state index contributed by atoms with van der Waals surface area (Å²) in [5.74, 6) is 1.49. The van der Waals surface area contributed by atoms with Crippen molar-refractivity contribution in [1.82, 2.24) is 25.1 Å². The van der Waals surface area contributed by atoms with Gasteiger partial charge in [-0.2, -0.15) is 0 Å². The summed E-state index contributed by atoms with van der Waals surface area (Å²) in [5, 5.41) is 13.8. The van der Waals surface area contributed by atoms with Crippen molar-refractivity contribution in [3.63, 3.8) is 0 Å². The molecule has 0 atom stereocenters. The summed E-state index contributed by atoms with van der Waals surface area (Å²) in [4.78, 5) is 16.2. The molecule has 0 aliphatic rings. The average molecular weight is 288 g/mol. The zero-order chi connectivity index (χ0) is 15.1. The first-order valence-electron chi connectivity index (χ1n) is 7.01. The van der Waals surface area contributed by atoms with Crippen molar-refractivity contribution in [1.29, 1.82) is 0 Å². The Labute approximate surface area is 123 Å². The normalized spacial score (nSPS) is 10.4. The third kappa shape index (κ3) is 4.27. The molecule has 0 unspecified atom stereocenters. The van der Waals surface area contributed by atoms with Crippen LogP contribution >= 0.6 is 0 Å². The van der Waals surface area contributed by atoms with Gasteiger partial charge in [-0.3, -0.25) is 4.79 Å². The smallest absolute Gasteiger partial charge is 0.252 e. The molecule has 112 valence electrons. The molecule has 2 heterocycles. The summed E-state index contributed by atoms with van der Waals surface area (Å²) in [6, 6.07) is 3.58. The fourth-order valence-electron chi connectivity index (χ4n) is 1.81. The SMILES string of the molecule is CCCNc1ccc(C(=O)NCCc2nncn2C)cn1. The molecule has 0 fully saturated rings. The monoisotopic (exact) mass is 288 g/mol. The van der Waals surface area contributed by atoms with Crippen LogP contribution in [0.4, 0.5) is 5.82 Å². The molecule has 21 heavy (non-hydrogen) atoms. The van der Waals surface area contributed by atoms with Crippen LogP contribution in [0.1, 0.15) is 29.5 Å². The number of pyridine rings is 1. The number of nitrogens with one attached hydrogen (secondary N) is 2. The van der Waals surface area contributed by atoms with E-state index in [-0.39, 0.29) is 5.91 Å². The zero-order valence-corrected chi connectivity index (χ0v) is 12.3. The minimum atomic E-state index is -0.133. The van der Waals surface area contributed by atoms with E-state index in [0.717, 1.165) is 24.6 Å². The predicted octanol–water partition coefficient (Wildman–Crippen LogP) is 1.00. The van der Waals surface area contributed by atoms with Crippen molar-refractivity contribution in [2.45, 2.75) is 19.8 Å². The van der Waals surface area contributed by atoms with Gasteiger partial charge in [0.25, 0.3) is 5.91 Å². The molecule has 0 aliphatic heterocycles. The molecule has 0 saturated carbocycles. The van der Waals surface area contributed by atoms with Crippen molar-refractivity contribution < 1.29 is 4.79 Å². The topological polar surface area (TPSA) is 84.7 Å². The Morgan fingerprint density at radius 3 is 2.81 bits per heavy atom. The fraction of sp³-hybridized carbons (Fsp3) is 0.429. The number of aromatic nitrogens is 4. The van der Waals surface area contributed by atoms with Crippen molar-refractivity contribution in [3.05, 3.63) is 36.0 Å². The average Bonchev–Trinajstić information content (AvgIpc) is 2.91. The molecule has 0 aliphatic carbocycles. The van der Waals surface area contributed by atoms with E-state index in [1.807, 2.05) is 17.7 Å². The molecule has 0 aromatic carbocycles. The summed E-state index contributed by atoms with van der Waals surface area (Å²) < 4.78 is 1.84. The highest BCUT2D eigenvalue weighted by Gasteiger charge is 2.07. The fourth-order valence-corrected chi connectivity index (χ4v) is 1.81. The highest BCUT2D eigenvalue weighted by Crippen LogP contribution is 2.05. The summed E-state index contributed by atoms with van der Waals surface area (Å²) in [5.41, 5.74) is 0.551. The van der Waals surface area contributed by atoms with Crippen LogP contribution in [-0.4, -0.2) is 38.7 Å². The molecule has 1 amide bonds. The molecule has 2 aromatic heterocycles. The third-order valence-electron chi connectivity index (χ3n) is 3.02. The summed E-state index contributed by atoms with van der Waals surface area (Å²) >= 11 is 0. The summed E-state index contributed by atoms with van der Waals surface area (Å²) in [6.45, 7) is 3.48. The molecule has 0 radical (unpaired) electrons. The Morgan fingerprint density at radius 2 is 2.19 bits per heavy atom. The molecule has 7 heteroatoms. The molecule has 0 bridgehead atoms. The first-order chi connectivity index (χ1) is 10.2. The highest BCUT2D eigenvalue weighted by atomic mass is 16.1. The minimum absolute atomic E-state index is 0.133. The van der Waals surface area contributed by atoms with Gasteiger partial charge in [0.15, 0.2) is 0 Å². The molecule has 2 N–H and O–H groups in total. The third-order valence-corrected chi connectivity index (χ3v) is 3.02. The molecule has 2 aromatic rings. The molecule has 0 saturated heterocycles. The van der Waals surface area contributed by atoms with Crippen molar-refractivity contribution >= 4 is 11.7 Å². The van der Waals surface area contributed by atoms with Gasteiger partial charge >= 0.3 is 0 Å². The maximum Gasteiger partial charge on any atom is 0.252 e. The lowest BCUT2D eigenvalue weighted by Crippen LogP contribution is -2.26. The maximum atomic E-state index is 12.0. The summed E-state index contributed by atoms with van der Waals surface area (Å²) in [7, 11) is 1.88. The number of carbonyl (C=O) groups excluding carboxylic acids is 1. The Kier molecular flexibility index (Phi) is 5.25. The van der Waals surface area contributed by atoms with Crippen molar-refractivity contribution in [2.24, 2.45) is 7.05 Å². The Hall–Kier alpha value is -2.44. The second kappa shape index (κ2) is 7.37. The van der Waals surface area contributed by atoms with Gasteiger partial charge in [-0.15, -0.1) is 10.2 Å². The maximum absolute atomic E-state index is 12.0. The minimum Gasteiger partial charge on any atom is -0.370 e. The quantitative estimate of drug-likeness (QED) is 0.794. The van der Waals surface area contributed by atoms with Gasteiger partial charge in [-0.05, 0) is 18.6 Å². The second-order valence-corrected chi connectivity index (χ2v) is 4.72. The van der Waals surface area contributed by atoms with Gasteiger partial charge in [0.05, 0.1) is 5.56 Å². The second-order valence-electron chi connectivity index (χ2n) is 4.72. The number of aryl methyl sites for hydroxylation is 1. The van der Waals surface area contributed by atoms with Gasteiger partial charge in [0.2, 0.25) is 0 Å². The van der Waals surface area contributed by atoms with E-state index < -0.39 is 0 Å². The lowest BCUT2D eigenvalue weighted by molar-refractivity contribution is 0.0953. The lowest BCUT2D eigenvalue weighted by atomic mass is 10.2. The largest absolute Gasteiger partial charge is 0.370 e. The van der Waals surface area contributed by atoms with Crippen LogP contribution in [0, 0.1) is 0 Å². The molecule has 0 spiro atoms. The number of hydrogen-bond donors (Lipinski definition) is 2. The van der Waals surface area contributed by atoms with Crippen LogP contribution in [0.2, 0.25) is 0 Å². The highest BCUT2D eigenvalue weighted by molar-refractivity contribution is 5.94. The number of rotatable bonds is 7. The van der Waals surface area contributed by atoms with E-state index >= 15 is 0 Å². The molecular formula is C14H20N6O. The van der Waals surface area contributed by atoms with E-state index in [0.29, 0.717) is 18.5 Å². The first-order valence-corrected chi connectivity index (χ1v) is 7.01. The zero-order valence-electron chi connectivity index (χ0n) is 12.3. The van der Waals surface area contributed by atoms with Gasteiger partial charge in [-0.25, -0.2) is 4.98 Å². The van der Waals surface area contributed by atoms with Crippen LogP contribution in [-0.2, 0) is 13.5 Å². The van der Waals surface area contributed by atoms with E-state index in [2.05, 4.69) is 32.7 Å². The van der Waals surface area contributed by atoms with Crippen LogP contribution < -0.4 is 10.6 Å². The Balaban J connectivity index is 1.81. The number of hydrogen-bond acceptors (Lipinski definition) is 5. The predicted molar refractivity (Wildman–Crippen MR) is 80.1 cm³/mol. The van der Waals surface area contributed by atoms with E-state index in [1.165, 1.54) is 0 Å².